The first-order valence-electron chi connectivity index (χ1n) is 2.61. The third-order valence-corrected chi connectivity index (χ3v) is 1.50. The maximum Gasteiger partial charge on any atom is 0.0845 e. The molecule has 0 aromatic carbocycles. The van der Waals surface area contributed by atoms with Crippen LogP contribution >= 0.6 is 0 Å². The molecular formula is C5H11NO. The van der Waals surface area contributed by atoms with E-state index in [1.165, 1.54) is 0 Å². The Morgan fingerprint density at radius 3 is 2.43 bits per heavy atom. The largest absolute Gasteiger partial charge is 0.379 e. The van der Waals surface area contributed by atoms with Crippen LogP contribution in [-0.2, 0) is 4.74 Å². The third kappa shape index (κ3) is 0.763. The minimum atomic E-state index is 0.472. The van der Waals surface area contributed by atoms with Crippen molar-refractivity contribution in [2.75, 3.05) is 13.7 Å². The first-order valence-corrected chi connectivity index (χ1v) is 2.61. The normalized spacial score (nSPS) is 40.3. The number of hydrogen-bond acceptors (Lipinski definition) is 2. The molecule has 1 N–H and O–H groups in total. The molecule has 2 heteroatoms. The highest BCUT2D eigenvalue weighted by Gasteiger charge is 2.24. The van der Waals surface area contributed by atoms with Crippen molar-refractivity contribution in [3.63, 3.8) is 0 Å². The number of methoxy groups -OCH3 is 1. The molecule has 42 valence electrons. The molecule has 2 nitrogen and oxygen atoms in total. The topological polar surface area (TPSA) is 21.3 Å². The van der Waals surface area contributed by atoms with Crippen LogP contribution in [0.25, 0.3) is 0 Å². The fourth-order valence-corrected chi connectivity index (χ4v) is 0.737. The Balaban J connectivity index is 2.16. The fraction of sp³-hybridized carbons (Fsp3) is 1.00. The van der Waals surface area contributed by atoms with E-state index in [0.29, 0.717) is 12.1 Å². The molecule has 2 atom stereocenters. The van der Waals surface area contributed by atoms with Gasteiger partial charge in [0.2, 0.25) is 0 Å². The Bertz CT molecular complexity index is 63.1. The Morgan fingerprint density at radius 2 is 2.43 bits per heavy atom. The second-order valence-electron chi connectivity index (χ2n) is 1.97. The molecule has 1 fully saturated rings. The quantitative estimate of drug-likeness (QED) is 0.501. The summed E-state index contributed by atoms with van der Waals surface area (Å²) < 4.78 is 5.04. The summed E-state index contributed by atoms with van der Waals surface area (Å²) in [5.74, 6) is 0. The molecule has 0 radical (unpaired) electrons. The van der Waals surface area contributed by atoms with Crippen LogP contribution in [0.2, 0.25) is 0 Å². The van der Waals surface area contributed by atoms with Crippen LogP contribution in [-0.4, -0.2) is 25.8 Å². The van der Waals surface area contributed by atoms with Crippen molar-refractivity contribution in [3.8, 4) is 0 Å². The van der Waals surface area contributed by atoms with Gasteiger partial charge in [0.25, 0.3) is 0 Å². The van der Waals surface area contributed by atoms with Crippen molar-refractivity contribution in [2.45, 2.75) is 19.1 Å². The average molecular weight is 101 g/mol. The van der Waals surface area contributed by atoms with Crippen LogP contribution in [0.4, 0.5) is 0 Å². The van der Waals surface area contributed by atoms with E-state index in [1.807, 2.05) is 0 Å². The SMILES string of the molecule is CO[C@H]1CN[C@H]1C. The highest BCUT2D eigenvalue weighted by molar-refractivity contribution is 4.84. The van der Waals surface area contributed by atoms with Gasteiger partial charge in [-0.2, -0.15) is 0 Å². The fourth-order valence-electron chi connectivity index (χ4n) is 0.737. The molecular weight excluding hydrogens is 90.1 g/mol. The van der Waals surface area contributed by atoms with E-state index in [0.717, 1.165) is 6.54 Å². The van der Waals surface area contributed by atoms with Crippen LogP contribution < -0.4 is 5.32 Å². The summed E-state index contributed by atoms with van der Waals surface area (Å²) in [5.41, 5.74) is 0. The summed E-state index contributed by atoms with van der Waals surface area (Å²) >= 11 is 0. The smallest absolute Gasteiger partial charge is 0.0845 e. The van der Waals surface area contributed by atoms with Gasteiger partial charge >= 0.3 is 0 Å². The van der Waals surface area contributed by atoms with Gasteiger partial charge in [0.1, 0.15) is 0 Å². The van der Waals surface area contributed by atoms with Crippen molar-refractivity contribution in [1.29, 1.82) is 0 Å². The molecule has 1 rings (SSSR count). The first kappa shape index (κ1) is 5.06. The van der Waals surface area contributed by atoms with Gasteiger partial charge < -0.3 is 10.1 Å². The van der Waals surface area contributed by atoms with E-state index in [9.17, 15) is 0 Å². The van der Waals surface area contributed by atoms with Gasteiger partial charge in [-0.05, 0) is 6.92 Å². The molecule has 1 saturated heterocycles. The number of ether oxygens (including phenoxy) is 1. The van der Waals surface area contributed by atoms with Crippen LogP contribution in [0.15, 0.2) is 0 Å². The Labute approximate surface area is 43.9 Å². The molecule has 0 aromatic heterocycles. The van der Waals surface area contributed by atoms with Gasteiger partial charge in [-0.3, -0.25) is 0 Å². The second kappa shape index (κ2) is 1.80. The monoisotopic (exact) mass is 101 g/mol. The molecule has 1 aliphatic rings. The maximum absolute atomic E-state index is 5.04. The molecule has 0 bridgehead atoms. The van der Waals surface area contributed by atoms with Crippen LogP contribution in [0, 0.1) is 0 Å². The molecule has 7 heavy (non-hydrogen) atoms. The van der Waals surface area contributed by atoms with Crippen molar-refractivity contribution >= 4 is 0 Å². The Hall–Kier alpha value is -0.0800. The number of nitrogens with one attached hydrogen (secondary N) is 1. The van der Waals surface area contributed by atoms with Crippen LogP contribution in [0.3, 0.4) is 0 Å². The molecule has 0 amide bonds. The summed E-state index contributed by atoms with van der Waals surface area (Å²) in [4.78, 5) is 0. The van der Waals surface area contributed by atoms with Gasteiger partial charge in [-0.25, -0.2) is 0 Å². The van der Waals surface area contributed by atoms with E-state index in [2.05, 4.69) is 12.2 Å². The minimum absolute atomic E-state index is 0.472. The van der Waals surface area contributed by atoms with Crippen molar-refractivity contribution in [1.82, 2.24) is 5.32 Å². The lowest BCUT2D eigenvalue weighted by Gasteiger charge is -2.33. The highest BCUT2D eigenvalue weighted by Crippen LogP contribution is 2.04. The molecule has 1 aliphatic heterocycles. The molecule has 0 spiro atoms. The van der Waals surface area contributed by atoms with Crippen molar-refractivity contribution in [2.24, 2.45) is 0 Å². The van der Waals surface area contributed by atoms with E-state index in [4.69, 9.17) is 4.74 Å². The Kier molecular flexibility index (Phi) is 1.30. The second-order valence-corrected chi connectivity index (χ2v) is 1.97. The van der Waals surface area contributed by atoms with Gasteiger partial charge in [0.15, 0.2) is 0 Å². The van der Waals surface area contributed by atoms with Crippen molar-refractivity contribution < 1.29 is 4.74 Å². The number of rotatable bonds is 1. The summed E-state index contributed by atoms with van der Waals surface area (Å²) in [7, 11) is 1.75. The lowest BCUT2D eigenvalue weighted by Crippen LogP contribution is -2.56. The predicted octanol–water partition coefficient (Wildman–Crippen LogP) is -0.00690. The van der Waals surface area contributed by atoms with Gasteiger partial charge in [0, 0.05) is 19.7 Å². The lowest BCUT2D eigenvalue weighted by molar-refractivity contribution is 0.0231. The van der Waals surface area contributed by atoms with Crippen LogP contribution in [0.5, 0.6) is 0 Å². The summed E-state index contributed by atoms with van der Waals surface area (Å²) in [5, 5.41) is 3.18. The van der Waals surface area contributed by atoms with E-state index in [1.54, 1.807) is 7.11 Å². The maximum atomic E-state index is 5.04. The first-order chi connectivity index (χ1) is 3.34. The summed E-state index contributed by atoms with van der Waals surface area (Å²) in [6.45, 7) is 3.15. The average Bonchev–Trinajstić information content (AvgIpc) is 1.65. The molecule has 0 aromatic rings. The van der Waals surface area contributed by atoms with Gasteiger partial charge in [-0.15, -0.1) is 0 Å². The van der Waals surface area contributed by atoms with E-state index < -0.39 is 0 Å². The van der Waals surface area contributed by atoms with Crippen molar-refractivity contribution in [3.05, 3.63) is 0 Å². The third-order valence-electron chi connectivity index (χ3n) is 1.50. The standard InChI is InChI=1S/C5H11NO/c1-4-5(7-2)3-6-4/h4-6H,3H2,1-2H3/t4-,5-/m0/s1. The minimum Gasteiger partial charge on any atom is -0.379 e. The lowest BCUT2D eigenvalue weighted by atomic mass is 10.1. The zero-order chi connectivity index (χ0) is 5.28. The van der Waals surface area contributed by atoms with Gasteiger partial charge in [-0.1, -0.05) is 0 Å². The Morgan fingerprint density at radius 1 is 1.71 bits per heavy atom. The zero-order valence-electron chi connectivity index (χ0n) is 4.77. The molecule has 1 heterocycles. The molecule has 0 aliphatic carbocycles. The summed E-state index contributed by atoms with van der Waals surface area (Å²) in [6, 6.07) is 0.574. The summed E-state index contributed by atoms with van der Waals surface area (Å²) in [6.07, 6.45) is 0.472. The molecule has 0 saturated carbocycles. The highest BCUT2D eigenvalue weighted by atomic mass is 16.5. The van der Waals surface area contributed by atoms with Crippen LogP contribution in [0.1, 0.15) is 6.92 Å². The van der Waals surface area contributed by atoms with E-state index in [-0.39, 0.29) is 0 Å². The van der Waals surface area contributed by atoms with Gasteiger partial charge in [0.05, 0.1) is 6.10 Å². The zero-order valence-corrected chi connectivity index (χ0v) is 4.77. The predicted molar refractivity (Wildman–Crippen MR) is 28.3 cm³/mol. The van der Waals surface area contributed by atoms with E-state index >= 15 is 0 Å². The number of hydrogen-bond donors (Lipinski definition) is 1. The molecule has 0 unspecified atom stereocenters.